The van der Waals surface area contributed by atoms with Gasteiger partial charge in [0.1, 0.15) is 12.4 Å². The number of aromatic nitrogens is 2. The Morgan fingerprint density at radius 2 is 2.10 bits per heavy atom. The van der Waals surface area contributed by atoms with Gasteiger partial charge in [-0.15, -0.1) is 0 Å². The number of ether oxygens (including phenoxy) is 1. The first-order valence-electron chi connectivity index (χ1n) is 6.62. The molecule has 0 radical (unpaired) electrons. The molecule has 0 aliphatic heterocycles. The lowest BCUT2D eigenvalue weighted by Crippen LogP contribution is -2.10. The number of nitrogen functional groups attached to an aromatic ring is 1. The summed E-state index contributed by atoms with van der Waals surface area (Å²) in [7, 11) is 0. The molecule has 6 N–H and O–H groups in total. The van der Waals surface area contributed by atoms with E-state index >= 15 is 0 Å². The Kier molecular flexibility index (Phi) is 3.37. The van der Waals surface area contributed by atoms with Crippen LogP contribution in [-0.4, -0.2) is 23.1 Å². The van der Waals surface area contributed by atoms with Crippen molar-refractivity contribution in [1.82, 2.24) is 9.97 Å². The van der Waals surface area contributed by atoms with Crippen LogP contribution in [-0.2, 0) is 0 Å². The van der Waals surface area contributed by atoms with Crippen LogP contribution in [0.25, 0.3) is 22.2 Å². The normalized spacial score (nSPS) is 10.9. The summed E-state index contributed by atoms with van der Waals surface area (Å²) in [5.74, 6) is 0.737. The summed E-state index contributed by atoms with van der Waals surface area (Å²) in [6.07, 6.45) is 1.48. The number of hydrogen-bond donors (Lipinski definition) is 4. The SMILES string of the molecule is NCCOc1cccc2[nH]c(-c3cc(N)c[nH]c3=O)cc12. The van der Waals surface area contributed by atoms with Gasteiger partial charge in [-0.3, -0.25) is 4.79 Å². The number of nitrogens with one attached hydrogen (secondary N) is 2. The summed E-state index contributed by atoms with van der Waals surface area (Å²) in [6, 6.07) is 9.21. The van der Waals surface area contributed by atoms with Gasteiger partial charge in [-0.2, -0.15) is 0 Å². The third-order valence-corrected chi connectivity index (χ3v) is 3.22. The fraction of sp³-hybridized carbons (Fsp3) is 0.133. The van der Waals surface area contributed by atoms with E-state index < -0.39 is 0 Å². The van der Waals surface area contributed by atoms with Gasteiger partial charge in [0, 0.05) is 29.3 Å². The predicted octanol–water partition coefficient (Wildman–Crippen LogP) is 1.44. The first kappa shape index (κ1) is 13.3. The zero-order valence-electron chi connectivity index (χ0n) is 11.3. The lowest BCUT2D eigenvalue weighted by Gasteiger charge is -2.04. The highest BCUT2D eigenvalue weighted by Crippen LogP contribution is 2.29. The van der Waals surface area contributed by atoms with Crippen molar-refractivity contribution in [2.24, 2.45) is 5.73 Å². The van der Waals surface area contributed by atoms with Gasteiger partial charge in [-0.25, -0.2) is 0 Å². The Balaban J connectivity index is 2.13. The van der Waals surface area contributed by atoms with Crippen molar-refractivity contribution in [2.75, 3.05) is 18.9 Å². The fourth-order valence-corrected chi connectivity index (χ4v) is 2.27. The number of hydrogen-bond acceptors (Lipinski definition) is 4. The van der Waals surface area contributed by atoms with Gasteiger partial charge < -0.3 is 26.2 Å². The van der Waals surface area contributed by atoms with E-state index in [0.29, 0.717) is 30.1 Å². The Morgan fingerprint density at radius 1 is 1.24 bits per heavy atom. The summed E-state index contributed by atoms with van der Waals surface area (Å²) in [5.41, 5.74) is 13.6. The van der Waals surface area contributed by atoms with Crippen LogP contribution in [0.3, 0.4) is 0 Å². The molecule has 6 nitrogen and oxygen atoms in total. The van der Waals surface area contributed by atoms with Crippen molar-refractivity contribution in [3.8, 4) is 17.0 Å². The van der Waals surface area contributed by atoms with E-state index in [9.17, 15) is 4.79 Å². The molecule has 2 aromatic heterocycles. The average Bonchev–Trinajstić information content (AvgIpc) is 2.92. The molecule has 0 atom stereocenters. The maximum Gasteiger partial charge on any atom is 0.257 e. The summed E-state index contributed by atoms with van der Waals surface area (Å²) in [4.78, 5) is 17.7. The van der Waals surface area contributed by atoms with Crippen LogP contribution in [0.2, 0.25) is 0 Å². The highest BCUT2D eigenvalue weighted by Gasteiger charge is 2.10. The Hall–Kier alpha value is -2.73. The van der Waals surface area contributed by atoms with Crippen molar-refractivity contribution in [3.63, 3.8) is 0 Å². The van der Waals surface area contributed by atoms with E-state index in [1.54, 1.807) is 6.07 Å². The molecule has 0 amide bonds. The van der Waals surface area contributed by atoms with Crippen molar-refractivity contribution < 1.29 is 4.74 Å². The van der Waals surface area contributed by atoms with Crippen molar-refractivity contribution in [2.45, 2.75) is 0 Å². The largest absolute Gasteiger partial charge is 0.492 e. The first-order chi connectivity index (χ1) is 10.2. The van der Waals surface area contributed by atoms with E-state index in [1.165, 1.54) is 6.20 Å². The predicted molar refractivity (Wildman–Crippen MR) is 83.3 cm³/mol. The van der Waals surface area contributed by atoms with Crippen LogP contribution in [0.15, 0.2) is 41.3 Å². The second kappa shape index (κ2) is 5.34. The third-order valence-electron chi connectivity index (χ3n) is 3.22. The second-order valence-electron chi connectivity index (χ2n) is 4.71. The number of nitrogens with two attached hydrogens (primary N) is 2. The van der Waals surface area contributed by atoms with Crippen molar-refractivity contribution >= 4 is 16.6 Å². The summed E-state index contributed by atoms with van der Waals surface area (Å²) in [6.45, 7) is 0.890. The summed E-state index contributed by atoms with van der Waals surface area (Å²) < 4.78 is 5.62. The molecule has 2 heterocycles. The molecule has 0 unspecified atom stereocenters. The number of fused-ring (bicyclic) bond motifs is 1. The molecule has 6 heteroatoms. The summed E-state index contributed by atoms with van der Waals surface area (Å²) >= 11 is 0. The molecule has 1 aromatic carbocycles. The number of aromatic amines is 2. The molecule has 0 saturated heterocycles. The minimum Gasteiger partial charge on any atom is -0.492 e. The van der Waals surface area contributed by atoms with Crippen molar-refractivity contribution in [3.05, 3.63) is 46.9 Å². The fourth-order valence-electron chi connectivity index (χ4n) is 2.27. The molecule has 0 saturated carbocycles. The molecular formula is C15H16N4O2. The first-order valence-corrected chi connectivity index (χ1v) is 6.62. The van der Waals surface area contributed by atoms with Crippen molar-refractivity contribution in [1.29, 1.82) is 0 Å². The van der Waals surface area contributed by atoms with E-state index in [2.05, 4.69) is 9.97 Å². The van der Waals surface area contributed by atoms with E-state index in [1.807, 2.05) is 24.3 Å². The number of benzene rings is 1. The number of H-pyrrole nitrogens is 2. The smallest absolute Gasteiger partial charge is 0.257 e. The molecule has 0 bridgehead atoms. The molecule has 0 aliphatic rings. The minimum atomic E-state index is -0.194. The van der Waals surface area contributed by atoms with Gasteiger partial charge in [-0.1, -0.05) is 6.07 Å². The van der Waals surface area contributed by atoms with E-state index in [0.717, 1.165) is 16.7 Å². The Bertz CT molecular complexity index is 835. The van der Waals surface area contributed by atoms with Gasteiger partial charge in [0.25, 0.3) is 5.56 Å². The Labute approximate surface area is 120 Å². The molecule has 0 spiro atoms. The second-order valence-corrected chi connectivity index (χ2v) is 4.71. The number of rotatable bonds is 4. The zero-order chi connectivity index (χ0) is 14.8. The summed E-state index contributed by atoms with van der Waals surface area (Å²) in [5, 5.41) is 0.905. The molecular weight excluding hydrogens is 268 g/mol. The number of anilines is 1. The third kappa shape index (κ3) is 2.48. The molecule has 3 aromatic rings. The average molecular weight is 284 g/mol. The topological polar surface area (TPSA) is 110 Å². The van der Waals surface area contributed by atoms with Crippen LogP contribution in [0.5, 0.6) is 5.75 Å². The highest BCUT2D eigenvalue weighted by molar-refractivity contribution is 5.90. The Morgan fingerprint density at radius 3 is 2.90 bits per heavy atom. The zero-order valence-corrected chi connectivity index (χ0v) is 11.3. The van der Waals surface area contributed by atoms with Crippen LogP contribution < -0.4 is 21.8 Å². The van der Waals surface area contributed by atoms with E-state index in [-0.39, 0.29) is 5.56 Å². The van der Waals surface area contributed by atoms with E-state index in [4.69, 9.17) is 16.2 Å². The van der Waals surface area contributed by atoms with Gasteiger partial charge in [-0.05, 0) is 24.3 Å². The number of pyridine rings is 1. The van der Waals surface area contributed by atoms with Gasteiger partial charge in [0.2, 0.25) is 0 Å². The molecule has 0 aliphatic carbocycles. The van der Waals surface area contributed by atoms with Crippen LogP contribution in [0.4, 0.5) is 5.69 Å². The molecule has 108 valence electrons. The molecule has 3 rings (SSSR count). The van der Waals surface area contributed by atoms with Gasteiger partial charge >= 0.3 is 0 Å². The quantitative estimate of drug-likeness (QED) is 0.581. The molecule has 0 fully saturated rings. The maximum absolute atomic E-state index is 11.9. The molecule has 21 heavy (non-hydrogen) atoms. The lowest BCUT2D eigenvalue weighted by molar-refractivity contribution is 0.332. The lowest BCUT2D eigenvalue weighted by atomic mass is 10.2. The van der Waals surface area contributed by atoms with Crippen LogP contribution >= 0.6 is 0 Å². The van der Waals surface area contributed by atoms with Crippen LogP contribution in [0, 0.1) is 0 Å². The minimum absolute atomic E-state index is 0.194. The van der Waals surface area contributed by atoms with Gasteiger partial charge in [0.15, 0.2) is 0 Å². The van der Waals surface area contributed by atoms with Gasteiger partial charge in [0.05, 0.1) is 11.3 Å². The monoisotopic (exact) mass is 284 g/mol. The highest BCUT2D eigenvalue weighted by atomic mass is 16.5. The maximum atomic E-state index is 11.9. The standard InChI is InChI=1S/C15H16N4O2/c16-4-5-21-14-3-1-2-12-10(14)7-13(19-12)11-6-9(17)8-18-15(11)20/h1-3,6-8,19H,4-5,16-17H2,(H,18,20). The van der Waals surface area contributed by atoms with Crippen LogP contribution in [0.1, 0.15) is 0 Å².